The zero-order valence-corrected chi connectivity index (χ0v) is 10.1. The summed E-state index contributed by atoms with van der Waals surface area (Å²) in [6.45, 7) is 1.98. The number of aromatic nitrogens is 4. The monoisotopic (exact) mass is 249 g/mol. The molecule has 0 unspecified atom stereocenters. The lowest BCUT2D eigenvalue weighted by atomic mass is 10.1. The number of anilines is 1. The molecule has 0 bridgehead atoms. The fourth-order valence-corrected chi connectivity index (χ4v) is 1.93. The average molecular weight is 249 g/mol. The number of hydrogen-bond donors (Lipinski definition) is 2. The first-order valence-corrected chi connectivity index (χ1v) is 5.82. The van der Waals surface area contributed by atoms with Crippen LogP contribution < -0.4 is 5.73 Å². The van der Waals surface area contributed by atoms with Gasteiger partial charge in [0.25, 0.3) is 5.78 Å². The molecule has 2 aromatic rings. The normalized spacial score (nSPS) is 10.9. The molecule has 0 fully saturated rings. The van der Waals surface area contributed by atoms with Gasteiger partial charge in [-0.05, 0) is 19.3 Å². The summed E-state index contributed by atoms with van der Waals surface area (Å²) < 4.78 is 1.48. The van der Waals surface area contributed by atoms with Gasteiger partial charge in [-0.2, -0.15) is 14.6 Å². The van der Waals surface area contributed by atoms with Gasteiger partial charge in [0.2, 0.25) is 0 Å². The number of fused-ring (bicyclic) bond motifs is 1. The van der Waals surface area contributed by atoms with Crippen LogP contribution in [0, 0.1) is 0 Å². The van der Waals surface area contributed by atoms with Crippen molar-refractivity contribution in [1.82, 2.24) is 19.6 Å². The Labute approximate surface area is 104 Å². The van der Waals surface area contributed by atoms with Crippen LogP contribution in [0.5, 0.6) is 0 Å². The van der Waals surface area contributed by atoms with Crippen LogP contribution in [0.25, 0.3) is 5.78 Å². The summed E-state index contributed by atoms with van der Waals surface area (Å²) in [5.41, 5.74) is 7.76. The fourth-order valence-electron chi connectivity index (χ4n) is 1.93. The lowest BCUT2D eigenvalue weighted by Gasteiger charge is -2.10. The lowest BCUT2D eigenvalue weighted by Crippen LogP contribution is -2.10. The van der Waals surface area contributed by atoms with Crippen molar-refractivity contribution in [2.24, 2.45) is 0 Å². The van der Waals surface area contributed by atoms with E-state index in [-0.39, 0.29) is 6.42 Å². The minimum Gasteiger partial charge on any atom is -0.481 e. The number of carboxylic acids is 1. The number of hydrogen-bond acceptors (Lipinski definition) is 5. The summed E-state index contributed by atoms with van der Waals surface area (Å²) in [5, 5.41) is 12.7. The largest absolute Gasteiger partial charge is 0.481 e. The molecule has 0 aliphatic rings. The highest BCUT2D eigenvalue weighted by atomic mass is 16.4. The first-order chi connectivity index (χ1) is 8.63. The van der Waals surface area contributed by atoms with Gasteiger partial charge in [0.05, 0.1) is 5.69 Å². The highest BCUT2D eigenvalue weighted by Gasteiger charge is 2.13. The molecular weight excluding hydrogens is 234 g/mol. The molecule has 0 aromatic carbocycles. The van der Waals surface area contributed by atoms with Crippen molar-refractivity contribution in [3.8, 4) is 0 Å². The second-order valence-electron chi connectivity index (χ2n) is 3.99. The second-order valence-corrected chi connectivity index (χ2v) is 3.99. The number of nitrogen functional groups attached to an aromatic ring is 1. The van der Waals surface area contributed by atoms with Crippen LogP contribution >= 0.6 is 0 Å². The molecular formula is C11H15N5O2. The average Bonchev–Trinajstić information content (AvgIpc) is 2.79. The van der Waals surface area contributed by atoms with Crippen molar-refractivity contribution < 1.29 is 9.90 Å². The third-order valence-electron chi connectivity index (χ3n) is 2.80. The molecule has 18 heavy (non-hydrogen) atoms. The number of aliphatic carboxylic acids is 1. The van der Waals surface area contributed by atoms with E-state index in [0.717, 1.165) is 17.7 Å². The van der Waals surface area contributed by atoms with Gasteiger partial charge >= 0.3 is 5.97 Å². The van der Waals surface area contributed by atoms with Gasteiger partial charge in [0.1, 0.15) is 12.1 Å². The SMILES string of the molecule is CCc1nc2ncnn2c(N)c1CCCC(=O)O. The zero-order chi connectivity index (χ0) is 13.1. The van der Waals surface area contributed by atoms with E-state index in [1.54, 1.807) is 0 Å². The van der Waals surface area contributed by atoms with E-state index in [2.05, 4.69) is 15.1 Å². The molecule has 7 nitrogen and oxygen atoms in total. The molecule has 0 atom stereocenters. The number of nitrogens with zero attached hydrogens (tertiary/aromatic N) is 4. The molecule has 96 valence electrons. The number of rotatable bonds is 5. The van der Waals surface area contributed by atoms with Gasteiger partial charge in [-0.15, -0.1) is 0 Å². The van der Waals surface area contributed by atoms with E-state index in [9.17, 15) is 4.79 Å². The van der Waals surface area contributed by atoms with Crippen LogP contribution in [0.1, 0.15) is 31.0 Å². The van der Waals surface area contributed by atoms with E-state index in [0.29, 0.717) is 24.4 Å². The van der Waals surface area contributed by atoms with Crippen LogP contribution in [-0.4, -0.2) is 30.7 Å². The quantitative estimate of drug-likeness (QED) is 0.806. The molecule has 3 N–H and O–H groups in total. The predicted octanol–water partition coefficient (Wildman–Crippen LogP) is 0.676. The Balaban J connectivity index is 2.34. The first-order valence-electron chi connectivity index (χ1n) is 5.82. The van der Waals surface area contributed by atoms with Crippen molar-refractivity contribution in [2.45, 2.75) is 32.6 Å². The van der Waals surface area contributed by atoms with Gasteiger partial charge in [-0.3, -0.25) is 4.79 Å². The number of aryl methyl sites for hydroxylation is 1. The topological polar surface area (TPSA) is 106 Å². The molecule has 0 amide bonds. The molecule has 0 saturated carbocycles. The maximum Gasteiger partial charge on any atom is 0.303 e. The lowest BCUT2D eigenvalue weighted by molar-refractivity contribution is -0.137. The molecule has 2 rings (SSSR count). The summed E-state index contributed by atoms with van der Waals surface area (Å²) in [5.74, 6) is 0.174. The standard InChI is InChI=1S/C11H15N5O2/c1-2-8-7(4-3-5-9(17)18)10(12)16-11(15-8)13-6-14-16/h6H,2-5,12H2,1H3,(H,17,18). The number of nitrogens with two attached hydrogens (primary N) is 1. The Morgan fingerprint density at radius 1 is 1.56 bits per heavy atom. The van der Waals surface area contributed by atoms with Gasteiger partial charge < -0.3 is 10.8 Å². The molecule has 2 heterocycles. The van der Waals surface area contributed by atoms with E-state index in [4.69, 9.17) is 10.8 Å². The van der Waals surface area contributed by atoms with Crippen molar-refractivity contribution >= 4 is 17.6 Å². The minimum absolute atomic E-state index is 0.123. The third kappa shape index (κ3) is 2.24. The van der Waals surface area contributed by atoms with Gasteiger partial charge in [-0.1, -0.05) is 6.92 Å². The van der Waals surface area contributed by atoms with Gasteiger partial charge in [0.15, 0.2) is 0 Å². The van der Waals surface area contributed by atoms with E-state index in [1.165, 1.54) is 10.8 Å². The van der Waals surface area contributed by atoms with Crippen LogP contribution in [-0.2, 0) is 17.6 Å². The highest BCUT2D eigenvalue weighted by molar-refractivity contribution is 5.66. The van der Waals surface area contributed by atoms with Crippen molar-refractivity contribution in [3.05, 3.63) is 17.6 Å². The van der Waals surface area contributed by atoms with E-state index in [1.807, 2.05) is 6.92 Å². The summed E-state index contributed by atoms with van der Waals surface area (Å²) in [6, 6.07) is 0. The Morgan fingerprint density at radius 3 is 3.00 bits per heavy atom. The van der Waals surface area contributed by atoms with Crippen LogP contribution in [0.3, 0.4) is 0 Å². The summed E-state index contributed by atoms with van der Waals surface area (Å²) in [4.78, 5) is 18.9. The molecule has 2 aromatic heterocycles. The highest BCUT2D eigenvalue weighted by Crippen LogP contribution is 2.19. The van der Waals surface area contributed by atoms with Crippen molar-refractivity contribution in [1.29, 1.82) is 0 Å². The molecule has 0 saturated heterocycles. The first kappa shape index (κ1) is 12.3. The van der Waals surface area contributed by atoms with Crippen molar-refractivity contribution in [3.63, 3.8) is 0 Å². The smallest absolute Gasteiger partial charge is 0.303 e. The van der Waals surface area contributed by atoms with E-state index >= 15 is 0 Å². The Hall–Kier alpha value is -2.18. The van der Waals surface area contributed by atoms with E-state index < -0.39 is 5.97 Å². The Morgan fingerprint density at radius 2 is 2.33 bits per heavy atom. The summed E-state index contributed by atoms with van der Waals surface area (Å²) in [7, 11) is 0. The Kier molecular flexibility index (Phi) is 3.40. The Bertz CT molecular complexity index is 578. The maximum atomic E-state index is 10.5. The van der Waals surface area contributed by atoms with Crippen LogP contribution in [0.4, 0.5) is 5.82 Å². The number of carbonyl (C=O) groups is 1. The fraction of sp³-hybridized carbons (Fsp3) is 0.455. The van der Waals surface area contributed by atoms with Crippen molar-refractivity contribution in [2.75, 3.05) is 5.73 Å². The third-order valence-corrected chi connectivity index (χ3v) is 2.80. The molecule has 0 aliphatic heterocycles. The minimum atomic E-state index is -0.804. The van der Waals surface area contributed by atoms with Crippen LogP contribution in [0.15, 0.2) is 6.33 Å². The van der Waals surface area contributed by atoms with Gasteiger partial charge in [0, 0.05) is 12.0 Å². The molecule has 0 aliphatic carbocycles. The maximum absolute atomic E-state index is 10.5. The van der Waals surface area contributed by atoms with Gasteiger partial charge in [-0.25, -0.2) is 4.98 Å². The second kappa shape index (κ2) is 4.99. The molecule has 0 spiro atoms. The molecule has 7 heteroatoms. The zero-order valence-electron chi connectivity index (χ0n) is 10.1. The molecule has 0 radical (unpaired) electrons. The summed E-state index contributed by atoms with van der Waals surface area (Å²) in [6.07, 6.45) is 3.38. The predicted molar refractivity (Wildman–Crippen MR) is 65.1 cm³/mol. The van der Waals surface area contributed by atoms with Crippen LogP contribution in [0.2, 0.25) is 0 Å². The number of carboxylic acid groups (broad SMARTS) is 1. The summed E-state index contributed by atoms with van der Waals surface area (Å²) >= 11 is 0.